The summed E-state index contributed by atoms with van der Waals surface area (Å²) >= 11 is 5.89. The van der Waals surface area contributed by atoms with E-state index in [-0.39, 0.29) is 24.0 Å². The molecule has 7 nitrogen and oxygen atoms in total. The van der Waals surface area contributed by atoms with Gasteiger partial charge in [0.05, 0.1) is 6.26 Å². The summed E-state index contributed by atoms with van der Waals surface area (Å²) in [6, 6.07) is 6.51. The molecule has 0 atom stereocenters. The van der Waals surface area contributed by atoms with E-state index in [1.165, 1.54) is 10.6 Å². The lowest BCUT2D eigenvalue weighted by Gasteiger charge is -2.30. The topological polar surface area (TPSA) is 87.2 Å². The zero-order valence-corrected chi connectivity index (χ0v) is 18.4. The van der Waals surface area contributed by atoms with Crippen LogP contribution in [0.5, 0.6) is 0 Å². The summed E-state index contributed by atoms with van der Waals surface area (Å²) in [6.07, 6.45) is -0.987. The van der Waals surface area contributed by atoms with Gasteiger partial charge in [-0.3, -0.25) is 0 Å². The molecule has 1 aromatic carbocycles. The monoisotopic (exact) mass is 477 g/mol. The molecule has 1 saturated heterocycles. The van der Waals surface area contributed by atoms with E-state index < -0.39 is 21.9 Å². The first-order valence-corrected chi connectivity index (χ1v) is 11.9. The van der Waals surface area contributed by atoms with E-state index in [9.17, 15) is 21.6 Å². The smallest absolute Gasteiger partial charge is 0.324 e. The number of aromatic nitrogens is 2. The van der Waals surface area contributed by atoms with Crippen LogP contribution in [0.1, 0.15) is 24.1 Å². The van der Waals surface area contributed by atoms with Gasteiger partial charge in [-0.05, 0) is 43.5 Å². The van der Waals surface area contributed by atoms with E-state index in [4.69, 9.17) is 11.6 Å². The maximum Gasteiger partial charge on any atom is 0.433 e. The second-order valence-electron chi connectivity index (χ2n) is 7.44. The Balaban J connectivity index is 1.62. The van der Waals surface area contributed by atoms with Gasteiger partial charge in [-0.15, -0.1) is 0 Å². The van der Waals surface area contributed by atoms with Crippen molar-refractivity contribution < 1.29 is 21.6 Å². The fraction of sp³-hybridized carbons (Fsp3) is 0.474. The molecule has 0 amide bonds. The largest absolute Gasteiger partial charge is 0.433 e. The Morgan fingerprint density at radius 3 is 2.58 bits per heavy atom. The van der Waals surface area contributed by atoms with Gasteiger partial charge in [0.25, 0.3) is 0 Å². The Morgan fingerprint density at radius 2 is 1.97 bits per heavy atom. The van der Waals surface area contributed by atoms with Gasteiger partial charge >= 0.3 is 6.18 Å². The predicted octanol–water partition coefficient (Wildman–Crippen LogP) is 3.65. The van der Waals surface area contributed by atoms with Crippen LogP contribution in [0.3, 0.4) is 0 Å². The summed E-state index contributed by atoms with van der Waals surface area (Å²) in [5, 5.41) is 6.19. The molecule has 1 aliphatic rings. The summed E-state index contributed by atoms with van der Waals surface area (Å²) in [5.74, 6) is 0.0171. The molecule has 2 aromatic rings. The fourth-order valence-electron chi connectivity index (χ4n) is 3.39. The van der Waals surface area contributed by atoms with Gasteiger partial charge in [0.15, 0.2) is 5.69 Å². The highest BCUT2D eigenvalue weighted by Crippen LogP contribution is 2.31. The predicted molar refractivity (Wildman–Crippen MR) is 113 cm³/mol. The Hall–Kier alpha value is -1.95. The quantitative estimate of drug-likeness (QED) is 0.633. The molecule has 0 aliphatic carbocycles. The molecule has 0 saturated carbocycles. The average molecular weight is 478 g/mol. The number of anilines is 2. The van der Waals surface area contributed by atoms with Crippen LogP contribution in [-0.2, 0) is 22.7 Å². The molecule has 1 aliphatic heterocycles. The second-order valence-corrected chi connectivity index (χ2v) is 9.86. The molecule has 2 heterocycles. The zero-order valence-electron chi connectivity index (χ0n) is 16.8. The SMILES string of the molecule is CS(=O)(=O)N1CCC(CNCc2cnc(Nc3cccc(Cl)c3)nc2C(F)(F)F)CC1. The third kappa shape index (κ3) is 6.76. The highest BCUT2D eigenvalue weighted by Gasteiger charge is 2.36. The van der Waals surface area contributed by atoms with Gasteiger partial charge in [-0.2, -0.15) is 13.2 Å². The first-order valence-electron chi connectivity index (χ1n) is 9.64. The van der Waals surface area contributed by atoms with Crippen LogP contribution in [-0.4, -0.2) is 48.6 Å². The highest BCUT2D eigenvalue weighted by atomic mass is 35.5. The molecule has 31 heavy (non-hydrogen) atoms. The van der Waals surface area contributed by atoms with Gasteiger partial charge < -0.3 is 10.6 Å². The summed E-state index contributed by atoms with van der Waals surface area (Å²) in [5.41, 5.74) is -0.587. The maximum absolute atomic E-state index is 13.5. The number of nitrogens with zero attached hydrogens (tertiary/aromatic N) is 3. The van der Waals surface area contributed by atoms with Crippen LogP contribution in [0.25, 0.3) is 0 Å². The first-order chi connectivity index (χ1) is 14.5. The normalized spacial score (nSPS) is 16.4. The van der Waals surface area contributed by atoms with Crippen molar-refractivity contribution in [3.8, 4) is 0 Å². The lowest BCUT2D eigenvalue weighted by atomic mass is 9.98. The van der Waals surface area contributed by atoms with Crippen LogP contribution in [0.4, 0.5) is 24.8 Å². The number of benzene rings is 1. The number of nitrogens with one attached hydrogen (secondary N) is 2. The first kappa shape index (κ1) is 23.7. The molecule has 3 rings (SSSR count). The van der Waals surface area contributed by atoms with E-state index in [0.29, 0.717) is 43.2 Å². The van der Waals surface area contributed by atoms with Gasteiger partial charge in [-0.1, -0.05) is 17.7 Å². The van der Waals surface area contributed by atoms with Crippen molar-refractivity contribution in [1.82, 2.24) is 19.6 Å². The van der Waals surface area contributed by atoms with Crippen molar-refractivity contribution in [1.29, 1.82) is 0 Å². The average Bonchev–Trinajstić information content (AvgIpc) is 2.68. The third-order valence-corrected chi connectivity index (χ3v) is 6.54. The molecule has 170 valence electrons. The van der Waals surface area contributed by atoms with E-state index in [1.807, 2.05) is 0 Å². The Morgan fingerprint density at radius 1 is 1.26 bits per heavy atom. The third-order valence-electron chi connectivity index (χ3n) is 5.00. The molecular weight excluding hydrogens is 455 g/mol. The van der Waals surface area contributed by atoms with Crippen LogP contribution >= 0.6 is 11.6 Å². The lowest BCUT2D eigenvalue weighted by Crippen LogP contribution is -2.40. The molecule has 1 fully saturated rings. The molecular formula is C19H23ClF3N5O2S. The maximum atomic E-state index is 13.5. The minimum atomic E-state index is -4.63. The standard InChI is InChI=1S/C19H23ClF3N5O2S/c1-31(29,30)28-7-5-13(6-8-28)10-24-11-14-12-25-18(27-17(14)19(21,22)23)26-16-4-2-3-15(20)9-16/h2-4,9,12-13,24H,5-8,10-11H2,1H3,(H,25,26,27). The second kappa shape index (κ2) is 9.68. The van der Waals surface area contributed by atoms with Crippen LogP contribution in [0.2, 0.25) is 5.02 Å². The van der Waals surface area contributed by atoms with E-state index in [0.717, 1.165) is 6.20 Å². The van der Waals surface area contributed by atoms with Crippen molar-refractivity contribution in [3.05, 3.63) is 46.7 Å². The number of hydrogen-bond acceptors (Lipinski definition) is 6. The molecule has 2 N–H and O–H groups in total. The van der Waals surface area contributed by atoms with Gasteiger partial charge in [0.1, 0.15) is 0 Å². The number of piperidine rings is 1. The summed E-state index contributed by atoms with van der Waals surface area (Å²) in [4.78, 5) is 7.67. The number of sulfonamides is 1. The summed E-state index contributed by atoms with van der Waals surface area (Å²) in [7, 11) is -3.21. The van der Waals surface area contributed by atoms with Gasteiger partial charge in [-0.25, -0.2) is 22.7 Å². The fourth-order valence-corrected chi connectivity index (χ4v) is 4.46. The molecule has 0 radical (unpaired) electrons. The molecule has 12 heteroatoms. The minimum absolute atomic E-state index is 0.0431. The molecule has 0 unspecified atom stereocenters. The summed E-state index contributed by atoms with van der Waals surface area (Å²) < 4.78 is 65.2. The number of rotatable bonds is 7. The highest BCUT2D eigenvalue weighted by molar-refractivity contribution is 7.88. The molecule has 1 aromatic heterocycles. The van der Waals surface area contributed by atoms with Crippen molar-refractivity contribution in [2.45, 2.75) is 25.6 Å². The number of halogens is 4. The van der Waals surface area contributed by atoms with E-state index >= 15 is 0 Å². The molecule has 0 bridgehead atoms. The summed E-state index contributed by atoms with van der Waals surface area (Å²) in [6.45, 7) is 1.29. The number of alkyl halides is 3. The van der Waals surface area contributed by atoms with E-state index in [1.54, 1.807) is 24.3 Å². The van der Waals surface area contributed by atoms with Crippen LogP contribution < -0.4 is 10.6 Å². The van der Waals surface area contributed by atoms with Crippen molar-refractivity contribution in [2.24, 2.45) is 5.92 Å². The molecule has 0 spiro atoms. The van der Waals surface area contributed by atoms with Crippen molar-refractivity contribution in [2.75, 3.05) is 31.2 Å². The minimum Gasteiger partial charge on any atom is -0.324 e. The van der Waals surface area contributed by atoms with Crippen molar-refractivity contribution >= 4 is 33.3 Å². The van der Waals surface area contributed by atoms with Crippen LogP contribution in [0.15, 0.2) is 30.5 Å². The van der Waals surface area contributed by atoms with Crippen molar-refractivity contribution in [3.63, 3.8) is 0 Å². The van der Waals surface area contributed by atoms with Gasteiger partial charge in [0.2, 0.25) is 16.0 Å². The Labute approximate surface area is 184 Å². The lowest BCUT2D eigenvalue weighted by molar-refractivity contribution is -0.141. The Kier molecular flexibility index (Phi) is 7.40. The van der Waals surface area contributed by atoms with Crippen LogP contribution in [0, 0.1) is 5.92 Å². The van der Waals surface area contributed by atoms with Gasteiger partial charge in [0, 0.05) is 42.1 Å². The number of hydrogen-bond donors (Lipinski definition) is 2. The zero-order chi connectivity index (χ0) is 22.6. The Bertz CT molecular complexity index is 1010. The van der Waals surface area contributed by atoms with E-state index in [2.05, 4.69) is 20.6 Å².